The zero-order chi connectivity index (χ0) is 17.0. The first kappa shape index (κ1) is 16.9. The standard InChI is InChI=1S/C16H13ClF2N2O2/c1-9-12(17)3-2-4-14(9)21-15(22)8-20-16(23)11-6-5-10(18)7-13(11)19/h2-7H,8H2,1H3,(H,20,23)(H,21,22). The molecule has 0 heterocycles. The van der Waals surface area contributed by atoms with E-state index in [1.54, 1.807) is 25.1 Å². The number of hydrogen-bond acceptors (Lipinski definition) is 2. The van der Waals surface area contributed by atoms with Crippen molar-refractivity contribution < 1.29 is 18.4 Å². The zero-order valence-electron chi connectivity index (χ0n) is 12.1. The molecule has 0 radical (unpaired) electrons. The third-order valence-corrected chi connectivity index (χ3v) is 3.54. The number of anilines is 1. The number of carbonyl (C=O) groups is 2. The lowest BCUT2D eigenvalue weighted by Gasteiger charge is -2.10. The van der Waals surface area contributed by atoms with Gasteiger partial charge in [0, 0.05) is 16.8 Å². The van der Waals surface area contributed by atoms with Crippen molar-refractivity contribution in [2.24, 2.45) is 0 Å². The molecule has 0 saturated carbocycles. The molecule has 7 heteroatoms. The van der Waals surface area contributed by atoms with E-state index >= 15 is 0 Å². The Labute approximate surface area is 136 Å². The van der Waals surface area contributed by atoms with Gasteiger partial charge in [-0.2, -0.15) is 0 Å². The lowest BCUT2D eigenvalue weighted by atomic mass is 10.2. The summed E-state index contributed by atoms with van der Waals surface area (Å²) in [5.41, 5.74) is 0.876. The highest BCUT2D eigenvalue weighted by Gasteiger charge is 2.14. The number of rotatable bonds is 4. The Kier molecular flexibility index (Phi) is 5.28. The Morgan fingerprint density at radius 2 is 1.91 bits per heavy atom. The minimum absolute atomic E-state index is 0.335. The van der Waals surface area contributed by atoms with Crippen molar-refractivity contribution in [3.63, 3.8) is 0 Å². The highest BCUT2D eigenvalue weighted by atomic mass is 35.5. The second-order valence-electron chi connectivity index (χ2n) is 4.77. The van der Waals surface area contributed by atoms with Gasteiger partial charge in [0.1, 0.15) is 11.6 Å². The summed E-state index contributed by atoms with van der Waals surface area (Å²) in [6.07, 6.45) is 0. The van der Waals surface area contributed by atoms with Crippen molar-refractivity contribution in [1.29, 1.82) is 0 Å². The van der Waals surface area contributed by atoms with Gasteiger partial charge in [0.15, 0.2) is 0 Å². The van der Waals surface area contributed by atoms with Crippen LogP contribution >= 0.6 is 11.6 Å². The van der Waals surface area contributed by atoms with Crippen LogP contribution in [0.4, 0.5) is 14.5 Å². The van der Waals surface area contributed by atoms with Gasteiger partial charge in [-0.3, -0.25) is 9.59 Å². The molecule has 0 aromatic heterocycles. The highest BCUT2D eigenvalue weighted by Crippen LogP contribution is 2.22. The lowest BCUT2D eigenvalue weighted by Crippen LogP contribution is -2.33. The summed E-state index contributed by atoms with van der Waals surface area (Å²) in [6.45, 7) is 1.38. The van der Waals surface area contributed by atoms with E-state index in [1.165, 1.54) is 0 Å². The Bertz CT molecular complexity index is 766. The van der Waals surface area contributed by atoms with Crippen molar-refractivity contribution in [3.8, 4) is 0 Å². The van der Waals surface area contributed by atoms with Crippen molar-refractivity contribution in [2.75, 3.05) is 11.9 Å². The molecule has 0 bridgehead atoms. The average Bonchev–Trinajstić information content (AvgIpc) is 2.49. The first-order chi connectivity index (χ1) is 10.9. The van der Waals surface area contributed by atoms with Crippen LogP contribution < -0.4 is 10.6 Å². The molecule has 2 aromatic rings. The van der Waals surface area contributed by atoms with E-state index in [2.05, 4.69) is 10.6 Å². The summed E-state index contributed by atoms with van der Waals surface area (Å²) in [6, 6.07) is 7.61. The summed E-state index contributed by atoms with van der Waals surface area (Å²) in [4.78, 5) is 23.6. The Morgan fingerprint density at radius 3 is 2.61 bits per heavy atom. The third-order valence-electron chi connectivity index (χ3n) is 3.13. The second-order valence-corrected chi connectivity index (χ2v) is 5.17. The predicted molar refractivity (Wildman–Crippen MR) is 83.5 cm³/mol. The van der Waals surface area contributed by atoms with E-state index in [0.29, 0.717) is 22.3 Å². The molecule has 120 valence electrons. The molecule has 2 amide bonds. The fraction of sp³-hybridized carbons (Fsp3) is 0.125. The summed E-state index contributed by atoms with van der Waals surface area (Å²) >= 11 is 5.94. The molecule has 0 aliphatic heterocycles. The van der Waals surface area contributed by atoms with Gasteiger partial charge in [0.2, 0.25) is 5.91 Å². The number of benzene rings is 2. The van der Waals surface area contributed by atoms with E-state index in [9.17, 15) is 18.4 Å². The maximum absolute atomic E-state index is 13.5. The van der Waals surface area contributed by atoms with E-state index in [-0.39, 0.29) is 12.1 Å². The molecule has 0 atom stereocenters. The smallest absolute Gasteiger partial charge is 0.254 e. The molecule has 2 N–H and O–H groups in total. The Hall–Kier alpha value is -2.47. The van der Waals surface area contributed by atoms with Crippen LogP contribution in [0, 0.1) is 18.6 Å². The molecular formula is C16H13ClF2N2O2. The minimum Gasteiger partial charge on any atom is -0.343 e. The molecule has 4 nitrogen and oxygen atoms in total. The summed E-state index contributed by atoms with van der Waals surface area (Å²) in [5, 5.41) is 5.36. The van der Waals surface area contributed by atoms with Crippen molar-refractivity contribution >= 4 is 29.1 Å². The first-order valence-electron chi connectivity index (χ1n) is 6.66. The number of halogens is 3. The van der Waals surface area contributed by atoms with Gasteiger partial charge < -0.3 is 10.6 Å². The van der Waals surface area contributed by atoms with E-state index in [4.69, 9.17) is 11.6 Å². The topological polar surface area (TPSA) is 58.2 Å². The van der Waals surface area contributed by atoms with Crippen LogP contribution in [-0.2, 0) is 4.79 Å². The van der Waals surface area contributed by atoms with Crippen molar-refractivity contribution in [3.05, 3.63) is 64.2 Å². The summed E-state index contributed by atoms with van der Waals surface area (Å²) in [5.74, 6) is -3.08. The van der Waals surface area contributed by atoms with Gasteiger partial charge in [-0.05, 0) is 36.8 Å². The Balaban J connectivity index is 1.96. The van der Waals surface area contributed by atoms with Crippen molar-refractivity contribution in [1.82, 2.24) is 5.32 Å². The zero-order valence-corrected chi connectivity index (χ0v) is 12.9. The number of nitrogens with one attached hydrogen (secondary N) is 2. The SMILES string of the molecule is Cc1c(Cl)cccc1NC(=O)CNC(=O)c1ccc(F)cc1F. The summed E-state index contributed by atoms with van der Waals surface area (Å²) in [7, 11) is 0. The molecule has 2 rings (SSSR count). The van der Waals surface area contributed by atoms with Gasteiger partial charge >= 0.3 is 0 Å². The molecule has 0 unspecified atom stereocenters. The molecule has 0 spiro atoms. The van der Waals surface area contributed by atoms with Crippen LogP contribution in [0.3, 0.4) is 0 Å². The van der Waals surface area contributed by atoms with Crippen LogP contribution in [0.15, 0.2) is 36.4 Å². The molecule has 0 aliphatic carbocycles. The van der Waals surface area contributed by atoms with Crippen LogP contribution in [-0.4, -0.2) is 18.4 Å². The van der Waals surface area contributed by atoms with Gasteiger partial charge in [-0.15, -0.1) is 0 Å². The fourth-order valence-corrected chi connectivity index (χ4v) is 2.04. The molecule has 0 aliphatic rings. The number of hydrogen-bond donors (Lipinski definition) is 2. The van der Waals surface area contributed by atoms with Crippen molar-refractivity contribution in [2.45, 2.75) is 6.92 Å². The maximum atomic E-state index is 13.5. The number of carbonyl (C=O) groups excluding carboxylic acids is 2. The largest absolute Gasteiger partial charge is 0.343 e. The van der Waals surface area contributed by atoms with Crippen LogP contribution in [0.5, 0.6) is 0 Å². The van der Waals surface area contributed by atoms with Gasteiger partial charge in [-0.25, -0.2) is 8.78 Å². The summed E-state index contributed by atoms with van der Waals surface area (Å²) < 4.78 is 26.2. The van der Waals surface area contributed by atoms with E-state index < -0.39 is 23.4 Å². The minimum atomic E-state index is -0.992. The quantitative estimate of drug-likeness (QED) is 0.898. The molecular weight excluding hydrogens is 326 g/mol. The predicted octanol–water partition coefficient (Wildman–Crippen LogP) is 3.30. The monoisotopic (exact) mass is 338 g/mol. The fourth-order valence-electron chi connectivity index (χ4n) is 1.87. The van der Waals surface area contributed by atoms with Crippen LogP contribution in [0.2, 0.25) is 5.02 Å². The van der Waals surface area contributed by atoms with Crippen LogP contribution in [0.25, 0.3) is 0 Å². The Morgan fingerprint density at radius 1 is 1.17 bits per heavy atom. The van der Waals surface area contributed by atoms with Crippen LogP contribution in [0.1, 0.15) is 15.9 Å². The highest BCUT2D eigenvalue weighted by molar-refractivity contribution is 6.31. The average molecular weight is 339 g/mol. The molecule has 23 heavy (non-hydrogen) atoms. The first-order valence-corrected chi connectivity index (χ1v) is 7.04. The van der Waals surface area contributed by atoms with Gasteiger partial charge in [-0.1, -0.05) is 17.7 Å². The molecule has 0 fully saturated rings. The van der Waals surface area contributed by atoms with E-state index in [0.717, 1.165) is 12.1 Å². The maximum Gasteiger partial charge on any atom is 0.254 e. The van der Waals surface area contributed by atoms with Gasteiger partial charge in [0.25, 0.3) is 5.91 Å². The normalized spacial score (nSPS) is 10.3. The molecule has 2 aromatic carbocycles. The second kappa shape index (κ2) is 7.19. The van der Waals surface area contributed by atoms with Gasteiger partial charge in [0.05, 0.1) is 12.1 Å². The number of amides is 2. The lowest BCUT2D eigenvalue weighted by molar-refractivity contribution is -0.115. The third kappa shape index (κ3) is 4.26. The van der Waals surface area contributed by atoms with E-state index in [1.807, 2.05) is 0 Å². The molecule has 0 saturated heterocycles.